The van der Waals surface area contributed by atoms with Gasteiger partial charge in [0.05, 0.1) is 16.2 Å². The van der Waals surface area contributed by atoms with Gasteiger partial charge in [-0.25, -0.2) is 4.98 Å². The molecule has 1 saturated heterocycles. The first kappa shape index (κ1) is 20.9. The van der Waals surface area contributed by atoms with Gasteiger partial charge in [0.25, 0.3) is 0 Å². The molecular weight excluding hydrogens is 379 g/mol. The summed E-state index contributed by atoms with van der Waals surface area (Å²) in [5, 5.41) is 1.53. The number of halogens is 1. The normalized spacial score (nSPS) is 19.2. The van der Waals surface area contributed by atoms with Gasteiger partial charge in [-0.2, -0.15) is 0 Å². The van der Waals surface area contributed by atoms with E-state index in [4.69, 9.17) is 25.6 Å². The molecule has 27 heavy (non-hydrogen) atoms. The van der Waals surface area contributed by atoms with E-state index in [1.54, 1.807) is 6.20 Å². The van der Waals surface area contributed by atoms with E-state index in [2.05, 4.69) is 52.3 Å². The Morgan fingerprint density at radius 3 is 2.41 bits per heavy atom. The number of aromatic nitrogens is 2. The highest BCUT2D eigenvalue weighted by Crippen LogP contribution is 2.37. The van der Waals surface area contributed by atoms with Gasteiger partial charge < -0.3 is 18.6 Å². The van der Waals surface area contributed by atoms with Crippen molar-refractivity contribution in [3.05, 3.63) is 23.5 Å². The second kappa shape index (κ2) is 7.19. The first-order valence-electron chi connectivity index (χ1n) is 9.47. The van der Waals surface area contributed by atoms with Crippen LogP contribution in [0.1, 0.15) is 27.7 Å². The summed E-state index contributed by atoms with van der Waals surface area (Å²) < 4.78 is 20.4. The fourth-order valence-corrected chi connectivity index (χ4v) is 3.88. The number of pyridine rings is 1. The lowest BCUT2D eigenvalue weighted by molar-refractivity contribution is 0.00578. The standard InChI is InChI=1S/C19H30BClN2O3Si/c1-18(2)19(3,4)26-20(25-18)16-12-23(13-24-8-9-27(5,6)7)17-15(16)10-14(21)11-22-17/h10-12H,8-9,13H2,1-7H3. The summed E-state index contributed by atoms with van der Waals surface area (Å²) in [4.78, 5) is 4.52. The van der Waals surface area contributed by atoms with Crippen LogP contribution in [0.4, 0.5) is 0 Å². The number of rotatable bonds is 6. The molecule has 3 heterocycles. The summed E-state index contributed by atoms with van der Waals surface area (Å²) in [6, 6.07) is 3.05. The Labute approximate surface area is 168 Å². The van der Waals surface area contributed by atoms with Crippen LogP contribution in [0.3, 0.4) is 0 Å². The lowest BCUT2D eigenvalue weighted by Crippen LogP contribution is -2.41. The first-order chi connectivity index (χ1) is 12.4. The molecule has 5 nitrogen and oxygen atoms in total. The number of hydrogen-bond acceptors (Lipinski definition) is 4. The largest absolute Gasteiger partial charge is 0.497 e. The van der Waals surface area contributed by atoms with Crippen LogP contribution in [-0.4, -0.2) is 42.6 Å². The van der Waals surface area contributed by atoms with Crippen molar-refractivity contribution in [3.8, 4) is 0 Å². The fourth-order valence-electron chi connectivity index (χ4n) is 2.97. The Hall–Kier alpha value is -0.858. The molecule has 1 aliphatic rings. The smallest absolute Gasteiger partial charge is 0.399 e. The fraction of sp³-hybridized carbons (Fsp3) is 0.632. The molecule has 0 spiro atoms. The molecule has 1 aliphatic heterocycles. The van der Waals surface area contributed by atoms with Crippen LogP contribution < -0.4 is 5.46 Å². The van der Waals surface area contributed by atoms with Gasteiger partial charge in [0.1, 0.15) is 12.4 Å². The lowest BCUT2D eigenvalue weighted by atomic mass is 9.79. The molecule has 0 aliphatic carbocycles. The summed E-state index contributed by atoms with van der Waals surface area (Å²) in [6.07, 6.45) is 3.68. The molecule has 148 valence electrons. The van der Waals surface area contributed by atoms with E-state index in [1.807, 2.05) is 16.8 Å². The monoisotopic (exact) mass is 408 g/mol. The minimum Gasteiger partial charge on any atom is -0.399 e. The van der Waals surface area contributed by atoms with E-state index in [0.29, 0.717) is 11.8 Å². The zero-order chi connectivity index (χ0) is 20.0. The maximum atomic E-state index is 6.24. The molecule has 0 radical (unpaired) electrons. The number of hydrogen-bond donors (Lipinski definition) is 0. The van der Waals surface area contributed by atoms with Crippen molar-refractivity contribution in [3.63, 3.8) is 0 Å². The van der Waals surface area contributed by atoms with Crippen LogP contribution in [0.2, 0.25) is 30.7 Å². The third kappa shape index (κ3) is 4.43. The van der Waals surface area contributed by atoms with Crippen LogP contribution in [0.5, 0.6) is 0 Å². The van der Waals surface area contributed by atoms with Crippen LogP contribution in [0, 0.1) is 0 Å². The highest BCUT2D eigenvalue weighted by molar-refractivity contribution is 6.76. The predicted octanol–water partition coefficient (Wildman–Crippen LogP) is 4.30. The topological polar surface area (TPSA) is 45.5 Å². The van der Waals surface area contributed by atoms with E-state index in [1.165, 1.54) is 0 Å². The van der Waals surface area contributed by atoms with Crippen molar-refractivity contribution in [2.45, 2.75) is 71.3 Å². The highest BCUT2D eigenvalue weighted by atomic mass is 35.5. The van der Waals surface area contributed by atoms with Gasteiger partial charge in [0, 0.05) is 37.9 Å². The molecule has 0 aromatic carbocycles. The van der Waals surface area contributed by atoms with Gasteiger partial charge in [0.2, 0.25) is 0 Å². The van der Waals surface area contributed by atoms with Gasteiger partial charge in [-0.15, -0.1) is 0 Å². The summed E-state index contributed by atoms with van der Waals surface area (Å²) >= 11 is 6.22. The minimum absolute atomic E-state index is 0.397. The molecule has 0 N–H and O–H groups in total. The van der Waals surface area contributed by atoms with Gasteiger partial charge >= 0.3 is 7.12 Å². The molecule has 3 rings (SSSR count). The Balaban J connectivity index is 1.87. The maximum absolute atomic E-state index is 6.24. The summed E-state index contributed by atoms with van der Waals surface area (Å²) in [7, 11) is -1.57. The molecule has 2 aromatic heterocycles. The van der Waals surface area contributed by atoms with Gasteiger partial charge in [-0.3, -0.25) is 0 Å². The number of ether oxygens (including phenoxy) is 1. The predicted molar refractivity (Wildman–Crippen MR) is 115 cm³/mol. The summed E-state index contributed by atoms with van der Waals surface area (Å²) in [5.41, 5.74) is 0.974. The van der Waals surface area contributed by atoms with Crippen LogP contribution >= 0.6 is 11.6 Å². The molecule has 0 atom stereocenters. The molecular formula is C19H30BClN2O3Si. The van der Waals surface area contributed by atoms with Crippen LogP contribution in [0.25, 0.3) is 11.0 Å². The quantitative estimate of drug-likeness (QED) is 0.528. The van der Waals surface area contributed by atoms with Crippen LogP contribution in [0.15, 0.2) is 18.5 Å². The second-order valence-electron chi connectivity index (χ2n) is 9.52. The minimum atomic E-state index is -1.11. The zero-order valence-electron chi connectivity index (χ0n) is 17.4. The Kier molecular flexibility index (Phi) is 5.56. The van der Waals surface area contributed by atoms with E-state index < -0.39 is 26.4 Å². The molecule has 0 amide bonds. The van der Waals surface area contributed by atoms with E-state index in [9.17, 15) is 0 Å². The Bertz CT molecular complexity index is 816. The molecule has 0 bridgehead atoms. The number of nitrogens with zero attached hydrogens (tertiary/aromatic N) is 2. The van der Waals surface area contributed by atoms with Gasteiger partial charge in [-0.1, -0.05) is 31.2 Å². The number of fused-ring (bicyclic) bond motifs is 1. The van der Waals surface area contributed by atoms with Crippen molar-refractivity contribution in [1.29, 1.82) is 0 Å². The molecule has 2 aromatic rings. The maximum Gasteiger partial charge on any atom is 0.497 e. The third-order valence-corrected chi connectivity index (χ3v) is 7.36. The zero-order valence-corrected chi connectivity index (χ0v) is 19.2. The second-order valence-corrected chi connectivity index (χ2v) is 15.6. The van der Waals surface area contributed by atoms with Crippen molar-refractivity contribution >= 4 is 43.3 Å². The van der Waals surface area contributed by atoms with Crippen molar-refractivity contribution in [2.75, 3.05) is 6.61 Å². The van der Waals surface area contributed by atoms with Crippen molar-refractivity contribution < 1.29 is 14.0 Å². The average Bonchev–Trinajstić information content (AvgIpc) is 2.97. The summed E-state index contributed by atoms with van der Waals surface area (Å²) in [6.45, 7) is 16.5. The van der Waals surface area contributed by atoms with Gasteiger partial charge in [-0.05, 0) is 39.8 Å². The Morgan fingerprint density at radius 2 is 1.81 bits per heavy atom. The highest BCUT2D eigenvalue weighted by Gasteiger charge is 2.52. The van der Waals surface area contributed by atoms with E-state index in [-0.39, 0.29) is 0 Å². The molecule has 0 unspecified atom stereocenters. The third-order valence-electron chi connectivity index (χ3n) is 5.45. The molecule has 8 heteroatoms. The van der Waals surface area contributed by atoms with E-state index in [0.717, 1.165) is 29.1 Å². The van der Waals surface area contributed by atoms with Crippen LogP contribution in [-0.2, 0) is 20.8 Å². The molecule has 0 saturated carbocycles. The first-order valence-corrected chi connectivity index (χ1v) is 13.6. The lowest BCUT2D eigenvalue weighted by Gasteiger charge is -2.32. The van der Waals surface area contributed by atoms with Gasteiger partial charge in [0.15, 0.2) is 0 Å². The average molecular weight is 409 g/mol. The summed E-state index contributed by atoms with van der Waals surface area (Å²) in [5.74, 6) is 0. The Morgan fingerprint density at radius 1 is 1.19 bits per heavy atom. The van der Waals surface area contributed by atoms with E-state index >= 15 is 0 Å². The molecule has 1 fully saturated rings. The van der Waals surface area contributed by atoms with Crippen molar-refractivity contribution in [2.24, 2.45) is 0 Å². The SMILES string of the molecule is CC1(C)OB(c2cn(COCC[Si](C)(C)C)c3ncc(Cl)cc23)OC1(C)C. The van der Waals surface area contributed by atoms with Crippen molar-refractivity contribution in [1.82, 2.24) is 9.55 Å².